The normalized spacial score (nSPS) is 20.8. The Morgan fingerprint density at radius 2 is 2.26 bits per heavy atom. The molecule has 1 aromatic heterocycles. The van der Waals surface area contributed by atoms with E-state index in [9.17, 15) is 13.2 Å². The van der Waals surface area contributed by atoms with Gasteiger partial charge in [-0.1, -0.05) is 13.3 Å². The molecule has 1 saturated heterocycles. The van der Waals surface area contributed by atoms with Crippen LogP contribution >= 0.6 is 11.3 Å². The molecule has 0 amide bonds. The Hall–Kier alpha value is -0.920. The summed E-state index contributed by atoms with van der Waals surface area (Å²) in [5.41, 5.74) is 0. The van der Waals surface area contributed by atoms with E-state index >= 15 is 0 Å². The number of hydrogen-bond donors (Lipinski definition) is 1. The zero-order valence-electron chi connectivity index (χ0n) is 10.7. The predicted octanol–water partition coefficient (Wildman–Crippen LogP) is 1.80. The first kappa shape index (κ1) is 14.5. The van der Waals surface area contributed by atoms with E-state index in [1.807, 2.05) is 0 Å². The van der Waals surface area contributed by atoms with Gasteiger partial charge in [0.2, 0.25) is 0 Å². The van der Waals surface area contributed by atoms with E-state index in [-0.39, 0.29) is 10.6 Å². The molecule has 0 radical (unpaired) electrons. The molecule has 0 bridgehead atoms. The third kappa shape index (κ3) is 3.16. The molecule has 2 heterocycles. The molecule has 0 saturated carbocycles. The van der Waals surface area contributed by atoms with Crippen LogP contribution in [0.1, 0.15) is 24.6 Å². The maximum absolute atomic E-state index is 12.4. The second kappa shape index (κ2) is 5.60. The molecule has 1 N–H and O–H groups in total. The number of hydrogen-bond acceptors (Lipinski definition) is 4. The van der Waals surface area contributed by atoms with Gasteiger partial charge in [-0.05, 0) is 24.5 Å². The molecule has 5 nitrogen and oxygen atoms in total. The van der Waals surface area contributed by atoms with Crippen LogP contribution in [0.3, 0.4) is 0 Å². The summed E-state index contributed by atoms with van der Waals surface area (Å²) < 4.78 is 26.5. The predicted molar refractivity (Wildman–Crippen MR) is 72.8 cm³/mol. The molecule has 1 atom stereocenters. The number of rotatable bonds is 5. The van der Waals surface area contributed by atoms with Crippen molar-refractivity contribution in [1.29, 1.82) is 0 Å². The van der Waals surface area contributed by atoms with Gasteiger partial charge in [-0.2, -0.15) is 4.31 Å². The monoisotopic (exact) mass is 303 g/mol. The highest BCUT2D eigenvalue weighted by Gasteiger charge is 2.32. The molecule has 1 fully saturated rings. The van der Waals surface area contributed by atoms with Gasteiger partial charge in [0.25, 0.3) is 10.0 Å². The largest absolute Gasteiger partial charge is 0.481 e. The van der Waals surface area contributed by atoms with Crippen LogP contribution < -0.4 is 0 Å². The fraction of sp³-hybridized carbons (Fsp3) is 0.583. The topological polar surface area (TPSA) is 74.7 Å². The van der Waals surface area contributed by atoms with Crippen molar-refractivity contribution in [2.45, 2.75) is 30.4 Å². The van der Waals surface area contributed by atoms with Crippen molar-refractivity contribution in [3.05, 3.63) is 17.0 Å². The summed E-state index contributed by atoms with van der Waals surface area (Å²) in [5, 5.41) is 8.70. The van der Waals surface area contributed by atoms with Crippen LogP contribution in [0.5, 0.6) is 0 Å². The van der Waals surface area contributed by atoms with Gasteiger partial charge < -0.3 is 5.11 Å². The zero-order chi connectivity index (χ0) is 14.0. The molecule has 1 aliphatic rings. The summed E-state index contributed by atoms with van der Waals surface area (Å²) >= 11 is 1.05. The Balaban J connectivity index is 2.16. The Morgan fingerprint density at radius 3 is 2.84 bits per heavy atom. The smallest absolute Gasteiger partial charge is 0.308 e. The Labute approximate surface area is 116 Å². The van der Waals surface area contributed by atoms with Gasteiger partial charge in [-0.3, -0.25) is 4.79 Å². The lowest BCUT2D eigenvalue weighted by Gasteiger charge is -2.14. The van der Waals surface area contributed by atoms with Crippen LogP contribution in [0.25, 0.3) is 0 Å². The molecule has 0 spiro atoms. The van der Waals surface area contributed by atoms with Crippen LogP contribution in [0.15, 0.2) is 16.3 Å². The van der Waals surface area contributed by atoms with Crippen molar-refractivity contribution in [1.82, 2.24) is 4.31 Å². The fourth-order valence-corrected chi connectivity index (χ4v) is 5.25. The molecule has 2 rings (SSSR count). The van der Waals surface area contributed by atoms with Gasteiger partial charge in [0.05, 0.1) is 6.42 Å². The van der Waals surface area contributed by atoms with Gasteiger partial charge in [0, 0.05) is 18.0 Å². The average molecular weight is 303 g/mol. The quantitative estimate of drug-likeness (QED) is 0.900. The van der Waals surface area contributed by atoms with Crippen LogP contribution in [-0.2, 0) is 21.2 Å². The van der Waals surface area contributed by atoms with Gasteiger partial charge in [0.15, 0.2) is 0 Å². The van der Waals surface area contributed by atoms with Crippen molar-refractivity contribution in [2.24, 2.45) is 5.92 Å². The number of thiophene rings is 1. The molecule has 1 aromatic rings. The van der Waals surface area contributed by atoms with Crippen molar-refractivity contribution >= 4 is 27.3 Å². The van der Waals surface area contributed by atoms with Crippen LogP contribution in [0.4, 0.5) is 0 Å². The van der Waals surface area contributed by atoms with Crippen molar-refractivity contribution in [3.63, 3.8) is 0 Å². The summed E-state index contributed by atoms with van der Waals surface area (Å²) in [6.07, 6.45) is 1.77. The molecule has 0 aliphatic carbocycles. The summed E-state index contributed by atoms with van der Waals surface area (Å²) in [5.74, 6) is -0.508. The van der Waals surface area contributed by atoms with E-state index in [4.69, 9.17) is 5.11 Å². The third-order valence-electron chi connectivity index (χ3n) is 3.38. The van der Waals surface area contributed by atoms with Gasteiger partial charge in [0.1, 0.15) is 4.21 Å². The minimum absolute atomic E-state index is 0.127. The average Bonchev–Trinajstić information content (AvgIpc) is 2.96. The van der Waals surface area contributed by atoms with Crippen LogP contribution in [-0.4, -0.2) is 36.9 Å². The Bertz CT molecular complexity index is 564. The number of aliphatic carboxylic acids is 1. The molecule has 106 valence electrons. The number of sulfonamides is 1. The highest BCUT2D eigenvalue weighted by atomic mass is 32.2. The van der Waals surface area contributed by atoms with Crippen molar-refractivity contribution in [2.75, 3.05) is 13.1 Å². The lowest BCUT2D eigenvalue weighted by molar-refractivity contribution is -0.136. The van der Waals surface area contributed by atoms with E-state index in [0.29, 0.717) is 23.9 Å². The minimum Gasteiger partial charge on any atom is -0.481 e. The number of carboxylic acids is 1. The van der Waals surface area contributed by atoms with E-state index in [1.165, 1.54) is 10.4 Å². The SMILES string of the molecule is CCC1CCN(S(=O)(=O)c2ccc(CC(=O)O)s2)C1. The second-order valence-electron chi connectivity index (χ2n) is 4.72. The standard InChI is InChI=1S/C12H17NO4S2/c1-2-9-5-6-13(8-9)19(16,17)12-4-3-10(18-12)7-11(14)15/h3-4,9H,2,5-8H2,1H3,(H,14,15). The van der Waals surface area contributed by atoms with E-state index in [0.717, 1.165) is 24.2 Å². The highest BCUT2D eigenvalue weighted by molar-refractivity contribution is 7.91. The fourth-order valence-electron chi connectivity index (χ4n) is 2.22. The summed E-state index contributed by atoms with van der Waals surface area (Å²) in [6, 6.07) is 3.09. The zero-order valence-corrected chi connectivity index (χ0v) is 12.3. The molecular formula is C12H17NO4S2. The Morgan fingerprint density at radius 1 is 1.53 bits per heavy atom. The number of carboxylic acid groups (broad SMARTS) is 1. The lowest BCUT2D eigenvalue weighted by atomic mass is 10.1. The van der Waals surface area contributed by atoms with E-state index < -0.39 is 16.0 Å². The molecule has 0 aromatic carbocycles. The van der Waals surface area contributed by atoms with Crippen LogP contribution in [0, 0.1) is 5.92 Å². The third-order valence-corrected chi connectivity index (χ3v) is 6.80. The van der Waals surface area contributed by atoms with Crippen molar-refractivity contribution in [3.8, 4) is 0 Å². The van der Waals surface area contributed by atoms with E-state index in [2.05, 4.69) is 6.92 Å². The summed E-state index contributed by atoms with van der Waals surface area (Å²) in [6.45, 7) is 3.20. The van der Waals surface area contributed by atoms with Gasteiger partial charge >= 0.3 is 5.97 Å². The summed E-state index contributed by atoms with van der Waals surface area (Å²) in [7, 11) is -3.44. The number of carbonyl (C=O) groups is 1. The molecular weight excluding hydrogens is 286 g/mol. The molecule has 7 heteroatoms. The highest BCUT2D eigenvalue weighted by Crippen LogP contribution is 2.30. The first-order chi connectivity index (χ1) is 8.93. The van der Waals surface area contributed by atoms with Gasteiger partial charge in [-0.25, -0.2) is 8.42 Å². The maximum Gasteiger partial charge on any atom is 0.308 e. The van der Waals surface area contributed by atoms with Crippen LogP contribution in [0.2, 0.25) is 0 Å². The van der Waals surface area contributed by atoms with Crippen molar-refractivity contribution < 1.29 is 18.3 Å². The maximum atomic E-state index is 12.4. The first-order valence-corrected chi connectivity index (χ1v) is 8.49. The second-order valence-corrected chi connectivity index (χ2v) is 8.05. The Kier molecular flexibility index (Phi) is 4.27. The molecule has 1 aliphatic heterocycles. The molecule has 1 unspecified atom stereocenters. The lowest BCUT2D eigenvalue weighted by Crippen LogP contribution is -2.28. The molecule has 19 heavy (non-hydrogen) atoms. The van der Waals surface area contributed by atoms with E-state index in [1.54, 1.807) is 6.07 Å². The summed E-state index contributed by atoms with van der Waals surface area (Å²) in [4.78, 5) is 11.2. The van der Waals surface area contributed by atoms with Gasteiger partial charge in [-0.15, -0.1) is 11.3 Å². The minimum atomic E-state index is -3.44. The first-order valence-electron chi connectivity index (χ1n) is 6.24. The number of nitrogens with zero attached hydrogens (tertiary/aromatic N) is 1.